The van der Waals surface area contributed by atoms with Crippen molar-refractivity contribution >= 4 is 50.5 Å². The third-order valence-electron chi connectivity index (χ3n) is 5.68. The minimum Gasteiger partial charge on any atom is -0.393 e. The summed E-state index contributed by atoms with van der Waals surface area (Å²) in [5.74, 6) is -1.62. The quantitative estimate of drug-likeness (QED) is 0.304. The van der Waals surface area contributed by atoms with E-state index in [1.54, 1.807) is 6.07 Å². The van der Waals surface area contributed by atoms with Crippen LogP contribution in [0.3, 0.4) is 0 Å². The Balaban J connectivity index is 1.98. The van der Waals surface area contributed by atoms with E-state index in [0.717, 1.165) is 11.8 Å². The van der Waals surface area contributed by atoms with Crippen molar-refractivity contribution in [3.63, 3.8) is 0 Å². The molecule has 2 unspecified atom stereocenters. The number of nitrogens with one attached hydrogen (secondary N) is 2. The molecule has 0 radical (unpaired) electrons. The maximum Gasteiger partial charge on any atom is 0.265 e. The van der Waals surface area contributed by atoms with Crippen LogP contribution in [0.1, 0.15) is 39.0 Å². The number of benzene rings is 1. The number of hydrogen-bond donors (Lipinski definition) is 3. The summed E-state index contributed by atoms with van der Waals surface area (Å²) in [5.41, 5.74) is -2.52. The summed E-state index contributed by atoms with van der Waals surface area (Å²) in [6.45, 7) is 1.04. The molecule has 1 aromatic rings. The molecule has 1 heterocycles. The van der Waals surface area contributed by atoms with Gasteiger partial charge in [0.1, 0.15) is 17.9 Å². The van der Waals surface area contributed by atoms with Gasteiger partial charge in [-0.1, -0.05) is 0 Å². The lowest BCUT2D eigenvalue weighted by molar-refractivity contribution is -0.141. The van der Waals surface area contributed by atoms with E-state index in [1.807, 2.05) is 22.6 Å². The van der Waals surface area contributed by atoms with Crippen LogP contribution in [0.15, 0.2) is 29.7 Å². The highest BCUT2D eigenvalue weighted by molar-refractivity contribution is 14.1. The van der Waals surface area contributed by atoms with E-state index in [4.69, 9.17) is 0 Å². The van der Waals surface area contributed by atoms with Gasteiger partial charge < -0.3 is 15.2 Å². The Morgan fingerprint density at radius 2 is 2.03 bits per heavy atom. The second-order valence-corrected chi connectivity index (χ2v) is 11.7. The summed E-state index contributed by atoms with van der Waals surface area (Å²) < 4.78 is 57.4. The average Bonchev–Trinajstić information content (AvgIpc) is 3.46. The summed E-state index contributed by atoms with van der Waals surface area (Å²) >= 11 is 1.93. The number of aliphatic hydroxyl groups excluding tert-OH is 1. The van der Waals surface area contributed by atoms with Crippen LogP contribution in [-0.2, 0) is 19.6 Å². The van der Waals surface area contributed by atoms with Crippen LogP contribution in [0, 0.1) is 9.39 Å². The number of rotatable bonds is 9. The van der Waals surface area contributed by atoms with E-state index in [9.17, 15) is 31.9 Å². The molecule has 176 valence electrons. The Hall–Kier alpha value is -1.80. The van der Waals surface area contributed by atoms with Crippen LogP contribution < -0.4 is 10.0 Å². The van der Waals surface area contributed by atoms with Crippen molar-refractivity contribution in [2.24, 2.45) is 0 Å². The first-order valence-electron chi connectivity index (χ1n) is 9.88. The van der Waals surface area contributed by atoms with Crippen LogP contribution in [-0.4, -0.2) is 54.2 Å². The molecule has 0 spiro atoms. The largest absolute Gasteiger partial charge is 0.393 e. The number of nitrogens with zero attached hydrogens (tertiary/aromatic N) is 1. The zero-order chi connectivity index (χ0) is 23.9. The Morgan fingerprint density at radius 3 is 2.59 bits per heavy atom. The van der Waals surface area contributed by atoms with Gasteiger partial charge in [0, 0.05) is 23.5 Å². The van der Waals surface area contributed by atoms with Gasteiger partial charge in [0.15, 0.2) is 5.67 Å². The molecule has 2 aliphatic rings. The van der Waals surface area contributed by atoms with Gasteiger partial charge in [0.2, 0.25) is 10.0 Å². The fourth-order valence-corrected chi connectivity index (χ4v) is 5.94. The monoisotopic (exact) mass is 583 g/mol. The second kappa shape index (κ2) is 8.86. The zero-order valence-corrected chi connectivity index (χ0v) is 20.5. The molecule has 1 aliphatic carbocycles. The highest BCUT2D eigenvalue weighted by Crippen LogP contribution is 2.48. The summed E-state index contributed by atoms with van der Waals surface area (Å²) in [5, 5.41) is 12.7. The van der Waals surface area contributed by atoms with Crippen LogP contribution in [0.4, 0.5) is 14.5 Å². The summed E-state index contributed by atoms with van der Waals surface area (Å²) in [7, 11) is -2.85. The van der Waals surface area contributed by atoms with E-state index >= 15 is 0 Å². The van der Waals surface area contributed by atoms with E-state index in [0.29, 0.717) is 9.86 Å². The predicted octanol–water partition coefficient (Wildman–Crippen LogP) is 2.39. The number of aliphatic hydroxyl groups is 1. The molecule has 1 amide bonds. The minimum atomic E-state index is -4.12. The molecule has 8 nitrogen and oxygen atoms in total. The van der Waals surface area contributed by atoms with Crippen molar-refractivity contribution in [1.82, 2.24) is 9.62 Å². The van der Waals surface area contributed by atoms with Crippen molar-refractivity contribution in [2.45, 2.75) is 55.5 Å². The van der Waals surface area contributed by atoms with Crippen molar-refractivity contribution in [2.75, 3.05) is 12.4 Å². The molecule has 1 aromatic carbocycles. The van der Waals surface area contributed by atoms with E-state index in [2.05, 4.69) is 10.0 Å². The molecule has 3 N–H and O–H groups in total. The molecule has 0 saturated heterocycles. The smallest absolute Gasteiger partial charge is 0.265 e. The van der Waals surface area contributed by atoms with Crippen molar-refractivity contribution in [3.05, 3.63) is 39.1 Å². The normalized spacial score (nSPS) is 23.7. The third kappa shape index (κ3) is 4.91. The maximum atomic E-state index is 15.0. The number of carbonyl (C=O) groups is 2. The Kier molecular flexibility index (Phi) is 6.87. The number of hydrogen-bond acceptors (Lipinski definition) is 6. The van der Waals surface area contributed by atoms with Crippen molar-refractivity contribution < 1.29 is 31.9 Å². The molecule has 12 heteroatoms. The van der Waals surface area contributed by atoms with Gasteiger partial charge in [0.25, 0.3) is 5.91 Å². The lowest BCUT2D eigenvalue weighted by Crippen LogP contribution is -2.51. The van der Waals surface area contributed by atoms with Gasteiger partial charge in [0.05, 0.1) is 22.2 Å². The first-order chi connectivity index (χ1) is 14.8. The van der Waals surface area contributed by atoms with E-state index in [1.165, 1.54) is 19.2 Å². The number of amides is 1. The molecular formula is C20H24F2IN3O5S. The lowest BCUT2D eigenvalue weighted by atomic mass is 9.97. The molecule has 1 saturated carbocycles. The molecule has 0 aromatic heterocycles. The van der Waals surface area contributed by atoms with Crippen molar-refractivity contribution in [1.29, 1.82) is 0 Å². The number of alkyl halides is 1. The predicted molar refractivity (Wildman–Crippen MR) is 122 cm³/mol. The SMILES string of the molecule is CN1C(=O)C(C)(F)CC(NS(=O)(=O)C2(CC(O)CC=O)CC2)=C1Nc1ccc(I)cc1F. The number of anilines is 1. The molecule has 0 bridgehead atoms. The minimum absolute atomic E-state index is 0.0123. The maximum absolute atomic E-state index is 15.0. The van der Waals surface area contributed by atoms with Gasteiger partial charge in [-0.2, -0.15) is 0 Å². The number of carbonyl (C=O) groups excluding carboxylic acids is 2. The van der Waals surface area contributed by atoms with Gasteiger partial charge in [-0.05, 0) is 67.0 Å². The Morgan fingerprint density at radius 1 is 1.38 bits per heavy atom. The van der Waals surface area contributed by atoms with Crippen molar-refractivity contribution in [3.8, 4) is 0 Å². The molecule has 1 fully saturated rings. The number of allylic oxidation sites excluding steroid dienone is 1. The highest BCUT2D eigenvalue weighted by atomic mass is 127. The van der Waals surface area contributed by atoms with Gasteiger partial charge >= 0.3 is 0 Å². The Labute approximate surface area is 198 Å². The number of sulfonamides is 1. The molecular weight excluding hydrogens is 559 g/mol. The Bertz CT molecular complexity index is 1070. The van der Waals surface area contributed by atoms with E-state index < -0.39 is 44.7 Å². The highest BCUT2D eigenvalue weighted by Gasteiger charge is 2.56. The first-order valence-corrected chi connectivity index (χ1v) is 12.4. The van der Waals surface area contributed by atoms with Gasteiger partial charge in [-0.3, -0.25) is 14.4 Å². The van der Waals surface area contributed by atoms with Crippen LogP contribution in [0.5, 0.6) is 0 Å². The van der Waals surface area contributed by atoms with Crippen LogP contribution in [0.25, 0.3) is 0 Å². The number of halogens is 3. The summed E-state index contributed by atoms with van der Waals surface area (Å²) in [6, 6.07) is 4.30. The lowest BCUT2D eigenvalue weighted by Gasteiger charge is -2.36. The fraction of sp³-hybridized carbons (Fsp3) is 0.500. The van der Waals surface area contributed by atoms with Gasteiger partial charge in [-0.25, -0.2) is 17.2 Å². The second-order valence-electron chi connectivity index (χ2n) is 8.36. The van der Waals surface area contributed by atoms with E-state index in [-0.39, 0.29) is 42.9 Å². The van der Waals surface area contributed by atoms with Crippen LogP contribution >= 0.6 is 22.6 Å². The summed E-state index contributed by atoms with van der Waals surface area (Å²) in [6.07, 6.45) is -0.999. The fourth-order valence-electron chi connectivity index (χ4n) is 3.72. The van der Waals surface area contributed by atoms with Crippen LogP contribution in [0.2, 0.25) is 0 Å². The molecule has 3 rings (SSSR count). The zero-order valence-electron chi connectivity index (χ0n) is 17.5. The van der Waals surface area contributed by atoms with Gasteiger partial charge in [-0.15, -0.1) is 0 Å². The first kappa shape index (κ1) is 24.8. The topological polar surface area (TPSA) is 116 Å². The standard InChI is InChI=1S/C20H24F2IN3O5S/c1-19(22)11-16(25-32(30,31)20(6-7-20)10-13(28)5-8-27)17(26(2)18(19)29)24-15-4-3-12(23)9-14(15)21/h3-4,8-9,13,24-25,28H,5-7,10-11H2,1-2H3. The third-order valence-corrected chi connectivity index (χ3v) is 8.58. The molecule has 2 atom stereocenters. The number of aldehydes is 1. The average molecular weight is 583 g/mol. The summed E-state index contributed by atoms with van der Waals surface area (Å²) in [4.78, 5) is 24.0. The molecule has 1 aliphatic heterocycles. The molecule has 32 heavy (non-hydrogen) atoms.